The normalized spacial score (nSPS) is 32.3. The lowest BCUT2D eigenvalue weighted by molar-refractivity contribution is -0.00476. The van der Waals surface area contributed by atoms with Crippen molar-refractivity contribution in [2.75, 3.05) is 0 Å². The van der Waals surface area contributed by atoms with Gasteiger partial charge in [-0.2, -0.15) is 0 Å². The highest BCUT2D eigenvalue weighted by Gasteiger charge is 2.49. The second kappa shape index (κ2) is 3.37. The Labute approximate surface area is 109 Å². The molecule has 0 saturated heterocycles. The van der Waals surface area contributed by atoms with Crippen LogP contribution in [0.25, 0.3) is 0 Å². The molecule has 0 spiro atoms. The molecule has 1 aromatic carbocycles. The summed E-state index contributed by atoms with van der Waals surface area (Å²) >= 11 is 0. The minimum Gasteiger partial charge on any atom is -0.385 e. The maximum Gasteiger partial charge on any atom is 0.0939 e. The lowest BCUT2D eigenvalue weighted by Gasteiger charge is -2.49. The Hall–Kier alpha value is -0.860. The summed E-state index contributed by atoms with van der Waals surface area (Å²) in [5, 5.41) is 21.2. The summed E-state index contributed by atoms with van der Waals surface area (Å²) < 4.78 is 0. The molecule has 2 atom stereocenters. The molecule has 18 heavy (non-hydrogen) atoms. The van der Waals surface area contributed by atoms with E-state index in [1.165, 1.54) is 16.7 Å². The summed E-state index contributed by atoms with van der Waals surface area (Å²) in [5.74, 6) is 0. The first-order chi connectivity index (χ1) is 8.38. The first-order valence-corrected chi connectivity index (χ1v) is 6.98. The van der Waals surface area contributed by atoms with E-state index in [0.29, 0.717) is 0 Å². The third-order valence-corrected chi connectivity index (χ3v) is 5.30. The first kappa shape index (κ1) is 12.2. The summed E-state index contributed by atoms with van der Waals surface area (Å²) in [6.45, 7) is 8.27. The Morgan fingerprint density at radius 2 is 1.22 bits per heavy atom. The molecule has 0 aromatic heterocycles. The fourth-order valence-corrected chi connectivity index (χ4v) is 3.99. The van der Waals surface area contributed by atoms with Crippen LogP contribution in [0.2, 0.25) is 0 Å². The molecule has 0 amide bonds. The van der Waals surface area contributed by atoms with E-state index >= 15 is 0 Å². The van der Waals surface area contributed by atoms with Gasteiger partial charge in [0.2, 0.25) is 0 Å². The van der Waals surface area contributed by atoms with Crippen LogP contribution in [-0.4, -0.2) is 10.2 Å². The van der Waals surface area contributed by atoms with Gasteiger partial charge < -0.3 is 10.2 Å². The van der Waals surface area contributed by atoms with Gasteiger partial charge in [-0.1, -0.05) is 13.8 Å². The van der Waals surface area contributed by atoms with Crippen molar-refractivity contribution in [3.8, 4) is 0 Å². The monoisotopic (exact) mass is 246 g/mol. The fourth-order valence-electron chi connectivity index (χ4n) is 3.99. The van der Waals surface area contributed by atoms with E-state index in [-0.39, 0.29) is 0 Å². The Balaban J connectivity index is 2.24. The van der Waals surface area contributed by atoms with Gasteiger partial charge in [0.25, 0.3) is 0 Å². The van der Waals surface area contributed by atoms with Gasteiger partial charge in [-0.15, -0.1) is 0 Å². The Bertz CT molecular complexity index is 502. The van der Waals surface area contributed by atoms with E-state index in [2.05, 4.69) is 13.8 Å². The highest BCUT2D eigenvalue weighted by Crippen LogP contribution is 2.54. The number of benzene rings is 1. The molecular formula is C16H22O2. The summed E-state index contributed by atoms with van der Waals surface area (Å²) in [7, 11) is 0. The lowest BCUT2D eigenvalue weighted by Crippen LogP contribution is -2.46. The zero-order chi connectivity index (χ0) is 13.3. The number of rotatable bonds is 2. The molecule has 1 aromatic rings. The quantitative estimate of drug-likeness (QED) is 0.842. The largest absolute Gasteiger partial charge is 0.385 e. The van der Waals surface area contributed by atoms with Crippen molar-refractivity contribution in [3.05, 3.63) is 33.4 Å². The van der Waals surface area contributed by atoms with E-state index in [4.69, 9.17) is 0 Å². The zero-order valence-electron chi connectivity index (χ0n) is 11.7. The van der Waals surface area contributed by atoms with Crippen molar-refractivity contribution < 1.29 is 10.2 Å². The molecule has 2 N–H and O–H groups in total. The molecule has 0 unspecified atom stereocenters. The molecule has 0 bridgehead atoms. The summed E-state index contributed by atoms with van der Waals surface area (Å²) in [5.41, 5.74) is 6.01. The molecular weight excluding hydrogens is 224 g/mol. The van der Waals surface area contributed by atoms with Gasteiger partial charge in [-0.05, 0) is 60.1 Å². The summed E-state index contributed by atoms with van der Waals surface area (Å²) in [6.07, 6.45) is 3.07. The number of hydrogen-bond donors (Lipinski definition) is 2. The molecule has 2 aliphatic rings. The molecule has 2 aliphatic carbocycles. The average Bonchev–Trinajstić information content (AvgIpc) is 2.29. The van der Waals surface area contributed by atoms with Crippen LogP contribution in [0.4, 0.5) is 0 Å². The number of hydrogen-bond acceptors (Lipinski definition) is 2. The van der Waals surface area contributed by atoms with Crippen LogP contribution in [0.1, 0.15) is 60.1 Å². The summed E-state index contributed by atoms with van der Waals surface area (Å²) in [6, 6.07) is 0. The van der Waals surface area contributed by atoms with Gasteiger partial charge in [0, 0.05) is 12.8 Å². The minimum atomic E-state index is -0.649. The topological polar surface area (TPSA) is 40.5 Å². The van der Waals surface area contributed by atoms with Crippen LogP contribution in [0.5, 0.6) is 0 Å². The zero-order valence-corrected chi connectivity index (χ0v) is 11.7. The molecule has 2 heteroatoms. The highest BCUT2D eigenvalue weighted by atomic mass is 16.3. The molecule has 2 nitrogen and oxygen atoms in total. The fraction of sp³-hybridized carbons (Fsp3) is 0.625. The number of fused-ring (bicyclic) bond motifs is 2. The number of aliphatic hydroxyl groups is 2. The van der Waals surface area contributed by atoms with E-state index in [1.54, 1.807) is 0 Å². The molecule has 0 heterocycles. The van der Waals surface area contributed by atoms with Crippen LogP contribution >= 0.6 is 0 Å². The highest BCUT2D eigenvalue weighted by molar-refractivity contribution is 5.64. The van der Waals surface area contributed by atoms with Crippen LogP contribution in [0, 0.1) is 13.8 Å². The molecule has 0 fully saturated rings. The molecule has 3 rings (SSSR count). The van der Waals surface area contributed by atoms with E-state index < -0.39 is 11.2 Å². The maximum absolute atomic E-state index is 10.6. The summed E-state index contributed by atoms with van der Waals surface area (Å²) in [4.78, 5) is 0. The van der Waals surface area contributed by atoms with Crippen molar-refractivity contribution in [3.63, 3.8) is 0 Å². The van der Waals surface area contributed by atoms with Crippen LogP contribution in [0.15, 0.2) is 0 Å². The molecule has 0 radical (unpaired) electrons. The first-order valence-electron chi connectivity index (χ1n) is 6.98. The standard InChI is InChI=1S/C16H22O2/c1-5-15(17)7-11-9(3)12-8-16(18,6-2)14(12)10(4)13(11)15/h17-18H,5-8H2,1-4H3/t15-,16+. The minimum absolute atomic E-state index is 0.649. The van der Waals surface area contributed by atoms with Crippen molar-refractivity contribution in [2.24, 2.45) is 0 Å². The van der Waals surface area contributed by atoms with Gasteiger partial charge in [0.15, 0.2) is 0 Å². The van der Waals surface area contributed by atoms with Crippen molar-refractivity contribution in [1.29, 1.82) is 0 Å². The average molecular weight is 246 g/mol. The predicted molar refractivity (Wildman–Crippen MR) is 71.7 cm³/mol. The van der Waals surface area contributed by atoms with Gasteiger partial charge in [0.1, 0.15) is 0 Å². The van der Waals surface area contributed by atoms with Crippen molar-refractivity contribution >= 4 is 0 Å². The van der Waals surface area contributed by atoms with E-state index in [1.807, 2.05) is 13.8 Å². The van der Waals surface area contributed by atoms with Crippen molar-refractivity contribution in [2.45, 2.75) is 64.6 Å². The van der Waals surface area contributed by atoms with E-state index in [0.717, 1.165) is 42.4 Å². The predicted octanol–water partition coefficient (Wildman–Crippen LogP) is 2.61. The molecule has 0 saturated carbocycles. The third kappa shape index (κ3) is 1.16. The third-order valence-electron chi connectivity index (χ3n) is 5.30. The van der Waals surface area contributed by atoms with Gasteiger partial charge in [-0.25, -0.2) is 0 Å². The Kier molecular flexibility index (Phi) is 2.28. The lowest BCUT2D eigenvalue weighted by atomic mass is 9.59. The SMILES string of the molecule is CC[C@@]1(O)Cc2c(C)c3c(c(C)c21)[C@](O)(CC)C3. The maximum atomic E-state index is 10.6. The second-order valence-corrected chi connectivity index (χ2v) is 6.08. The van der Waals surface area contributed by atoms with Crippen LogP contribution in [-0.2, 0) is 24.0 Å². The molecule has 98 valence electrons. The smallest absolute Gasteiger partial charge is 0.0939 e. The molecule has 0 aliphatic heterocycles. The van der Waals surface area contributed by atoms with E-state index in [9.17, 15) is 10.2 Å². The Morgan fingerprint density at radius 3 is 1.56 bits per heavy atom. The Morgan fingerprint density at radius 1 is 0.833 bits per heavy atom. The van der Waals surface area contributed by atoms with Gasteiger partial charge in [0.05, 0.1) is 11.2 Å². The van der Waals surface area contributed by atoms with Crippen molar-refractivity contribution in [1.82, 2.24) is 0 Å². The van der Waals surface area contributed by atoms with Crippen LogP contribution < -0.4 is 0 Å². The van der Waals surface area contributed by atoms with Gasteiger partial charge >= 0.3 is 0 Å². The second-order valence-electron chi connectivity index (χ2n) is 6.08. The van der Waals surface area contributed by atoms with Gasteiger partial charge in [-0.3, -0.25) is 0 Å². The van der Waals surface area contributed by atoms with Crippen LogP contribution in [0.3, 0.4) is 0 Å².